The maximum absolute atomic E-state index is 13.5. The van der Waals surface area contributed by atoms with Crippen LogP contribution in [-0.2, 0) is 0 Å². The number of thioether (sulfide) groups is 1. The van der Waals surface area contributed by atoms with E-state index in [0.29, 0.717) is 6.07 Å². The van der Waals surface area contributed by atoms with Gasteiger partial charge in [-0.1, -0.05) is 0 Å². The van der Waals surface area contributed by atoms with Crippen LogP contribution in [0.15, 0.2) is 41.6 Å². The van der Waals surface area contributed by atoms with Gasteiger partial charge in [0.05, 0.1) is 11.6 Å². The summed E-state index contributed by atoms with van der Waals surface area (Å²) in [7, 11) is 0. The van der Waals surface area contributed by atoms with E-state index in [0.717, 1.165) is 18.3 Å². The van der Waals surface area contributed by atoms with E-state index < -0.39 is 45.9 Å². The lowest BCUT2D eigenvalue weighted by atomic mass is 10.2. The molecule has 0 aliphatic carbocycles. The van der Waals surface area contributed by atoms with Gasteiger partial charge in [0.15, 0.2) is 11.6 Å². The van der Waals surface area contributed by atoms with Gasteiger partial charge in [0, 0.05) is 24.0 Å². The van der Waals surface area contributed by atoms with E-state index in [4.69, 9.17) is 4.74 Å². The molecule has 26 heavy (non-hydrogen) atoms. The standard InChI is InChI=1S/C16H13F5N2O2S/c1-9(8-25-13-5-4-10(17)7-12(13)18)23-14(24)11-3-2-6-22-15(11)26-16(19,20)21/h2-7,9H,8H2,1H3,(H,23,24). The van der Waals surface area contributed by atoms with E-state index in [1.165, 1.54) is 19.1 Å². The van der Waals surface area contributed by atoms with Crippen LogP contribution in [0.2, 0.25) is 0 Å². The number of nitrogens with one attached hydrogen (secondary N) is 1. The van der Waals surface area contributed by atoms with Crippen LogP contribution in [0.5, 0.6) is 5.75 Å². The van der Waals surface area contributed by atoms with Gasteiger partial charge in [0.25, 0.3) is 5.91 Å². The summed E-state index contributed by atoms with van der Waals surface area (Å²) in [4.78, 5) is 15.7. The SMILES string of the molecule is CC(COc1ccc(F)cc1F)NC(=O)c1cccnc1SC(F)(F)F. The minimum atomic E-state index is -4.59. The highest BCUT2D eigenvalue weighted by Gasteiger charge is 2.32. The number of amides is 1. The molecule has 1 N–H and O–H groups in total. The first kappa shape index (κ1) is 20.0. The highest BCUT2D eigenvalue weighted by molar-refractivity contribution is 8.00. The van der Waals surface area contributed by atoms with Crippen molar-refractivity contribution in [2.75, 3.05) is 6.61 Å². The molecule has 2 aromatic rings. The van der Waals surface area contributed by atoms with Gasteiger partial charge in [-0.05, 0) is 31.2 Å². The molecule has 1 amide bonds. The van der Waals surface area contributed by atoms with Gasteiger partial charge in [-0.25, -0.2) is 13.8 Å². The summed E-state index contributed by atoms with van der Waals surface area (Å²) in [5.74, 6) is -2.65. The number of carbonyl (C=O) groups is 1. The van der Waals surface area contributed by atoms with Gasteiger partial charge in [-0.2, -0.15) is 13.2 Å². The van der Waals surface area contributed by atoms with Crippen LogP contribution in [0.4, 0.5) is 22.0 Å². The summed E-state index contributed by atoms with van der Waals surface area (Å²) < 4.78 is 69.0. The van der Waals surface area contributed by atoms with Crippen molar-refractivity contribution in [2.24, 2.45) is 0 Å². The Bertz CT molecular complexity index is 785. The monoisotopic (exact) mass is 392 g/mol. The zero-order valence-electron chi connectivity index (χ0n) is 13.3. The van der Waals surface area contributed by atoms with Crippen LogP contribution in [0.3, 0.4) is 0 Å². The smallest absolute Gasteiger partial charge is 0.447 e. The van der Waals surface area contributed by atoms with Crippen LogP contribution in [-0.4, -0.2) is 29.0 Å². The topological polar surface area (TPSA) is 51.2 Å². The molecule has 1 heterocycles. The van der Waals surface area contributed by atoms with E-state index in [2.05, 4.69) is 10.3 Å². The molecular weight excluding hydrogens is 379 g/mol. The summed E-state index contributed by atoms with van der Waals surface area (Å²) in [6, 6.07) is 4.65. The molecule has 0 radical (unpaired) electrons. The van der Waals surface area contributed by atoms with Gasteiger partial charge in [0.1, 0.15) is 17.5 Å². The zero-order chi connectivity index (χ0) is 19.3. The van der Waals surface area contributed by atoms with Crippen LogP contribution in [0.25, 0.3) is 0 Å². The molecule has 0 saturated carbocycles. The number of nitrogens with zero attached hydrogens (tertiary/aromatic N) is 1. The zero-order valence-corrected chi connectivity index (χ0v) is 14.1. The Labute approximate surface area is 149 Å². The maximum Gasteiger partial charge on any atom is 0.447 e. The molecule has 1 atom stereocenters. The van der Waals surface area contributed by atoms with Gasteiger partial charge in [-0.3, -0.25) is 4.79 Å². The highest BCUT2D eigenvalue weighted by atomic mass is 32.2. The predicted octanol–water partition coefficient (Wildman–Crippen LogP) is 4.17. The molecule has 1 aromatic carbocycles. The molecule has 0 saturated heterocycles. The summed E-state index contributed by atoms with van der Waals surface area (Å²) in [5, 5.41) is 1.97. The van der Waals surface area contributed by atoms with Crippen molar-refractivity contribution in [3.63, 3.8) is 0 Å². The van der Waals surface area contributed by atoms with E-state index in [1.54, 1.807) is 0 Å². The molecule has 140 valence electrons. The Kier molecular flexibility index (Phi) is 6.41. The summed E-state index contributed by atoms with van der Waals surface area (Å²) in [6.07, 6.45) is 1.15. The molecule has 0 aliphatic heterocycles. The maximum atomic E-state index is 13.5. The third-order valence-electron chi connectivity index (χ3n) is 2.99. The summed E-state index contributed by atoms with van der Waals surface area (Å²) in [5.41, 5.74) is -4.83. The van der Waals surface area contributed by atoms with E-state index >= 15 is 0 Å². The summed E-state index contributed by atoms with van der Waals surface area (Å²) >= 11 is -0.492. The lowest BCUT2D eigenvalue weighted by Crippen LogP contribution is -2.37. The second-order valence-electron chi connectivity index (χ2n) is 5.16. The Hall–Kier alpha value is -2.36. The normalized spacial score (nSPS) is 12.5. The first-order valence-electron chi connectivity index (χ1n) is 7.25. The molecule has 1 unspecified atom stereocenters. The number of aromatic nitrogens is 1. The molecular formula is C16H13F5N2O2S. The van der Waals surface area contributed by atoms with Crippen LogP contribution in [0, 0.1) is 11.6 Å². The fourth-order valence-corrected chi connectivity index (χ4v) is 2.51. The number of ether oxygens (including phenoxy) is 1. The molecule has 0 bridgehead atoms. The first-order chi connectivity index (χ1) is 12.2. The number of hydrogen-bond donors (Lipinski definition) is 1. The van der Waals surface area contributed by atoms with Crippen molar-refractivity contribution in [2.45, 2.75) is 23.5 Å². The van der Waals surface area contributed by atoms with Gasteiger partial charge in [-0.15, -0.1) is 0 Å². The molecule has 0 spiro atoms. The third-order valence-corrected chi connectivity index (χ3v) is 3.74. The summed E-state index contributed by atoms with van der Waals surface area (Å²) in [6.45, 7) is 1.35. The number of hydrogen-bond acceptors (Lipinski definition) is 4. The lowest BCUT2D eigenvalue weighted by molar-refractivity contribution is -0.0329. The number of halogens is 5. The van der Waals surface area contributed by atoms with Crippen molar-refractivity contribution in [3.05, 3.63) is 53.7 Å². The van der Waals surface area contributed by atoms with Crippen molar-refractivity contribution in [1.29, 1.82) is 0 Å². The fraction of sp³-hybridized carbons (Fsp3) is 0.250. The fourth-order valence-electron chi connectivity index (χ4n) is 1.90. The largest absolute Gasteiger partial charge is 0.488 e. The molecule has 4 nitrogen and oxygen atoms in total. The van der Waals surface area contributed by atoms with Crippen molar-refractivity contribution in [3.8, 4) is 5.75 Å². The number of benzene rings is 1. The van der Waals surface area contributed by atoms with Crippen molar-refractivity contribution >= 4 is 17.7 Å². The Morgan fingerprint density at radius 1 is 1.31 bits per heavy atom. The number of carbonyl (C=O) groups excluding carboxylic acids is 1. The highest BCUT2D eigenvalue weighted by Crippen LogP contribution is 2.37. The average molecular weight is 392 g/mol. The molecule has 1 aromatic heterocycles. The van der Waals surface area contributed by atoms with Crippen LogP contribution >= 0.6 is 11.8 Å². The third kappa shape index (κ3) is 5.87. The second kappa shape index (κ2) is 8.35. The van der Waals surface area contributed by atoms with Crippen LogP contribution in [0.1, 0.15) is 17.3 Å². The minimum Gasteiger partial charge on any atom is -0.488 e. The quantitative estimate of drug-likeness (QED) is 0.592. The second-order valence-corrected chi connectivity index (χ2v) is 6.22. The Balaban J connectivity index is 1.99. The van der Waals surface area contributed by atoms with Gasteiger partial charge in [0.2, 0.25) is 0 Å². The van der Waals surface area contributed by atoms with Gasteiger partial charge < -0.3 is 10.1 Å². The number of alkyl halides is 3. The predicted molar refractivity (Wildman–Crippen MR) is 84.9 cm³/mol. The molecule has 0 fully saturated rings. The lowest BCUT2D eigenvalue weighted by Gasteiger charge is -2.16. The Morgan fingerprint density at radius 3 is 2.69 bits per heavy atom. The van der Waals surface area contributed by atoms with E-state index in [9.17, 15) is 26.7 Å². The van der Waals surface area contributed by atoms with E-state index in [-0.39, 0.29) is 17.9 Å². The van der Waals surface area contributed by atoms with E-state index in [1.807, 2.05) is 0 Å². The number of pyridine rings is 1. The van der Waals surface area contributed by atoms with Gasteiger partial charge >= 0.3 is 5.51 Å². The van der Waals surface area contributed by atoms with Crippen molar-refractivity contribution < 1.29 is 31.5 Å². The first-order valence-corrected chi connectivity index (χ1v) is 8.07. The Morgan fingerprint density at radius 2 is 2.04 bits per heavy atom. The minimum absolute atomic E-state index is 0.170. The molecule has 10 heteroatoms. The average Bonchev–Trinajstić information content (AvgIpc) is 2.53. The number of rotatable bonds is 6. The van der Waals surface area contributed by atoms with Crippen molar-refractivity contribution in [1.82, 2.24) is 10.3 Å². The molecule has 0 aliphatic rings. The van der Waals surface area contributed by atoms with Crippen LogP contribution < -0.4 is 10.1 Å². The molecule has 2 rings (SSSR count).